The Hall–Kier alpha value is -2.02. The van der Waals surface area contributed by atoms with Gasteiger partial charge in [-0.2, -0.15) is 5.26 Å². The summed E-state index contributed by atoms with van der Waals surface area (Å²) in [5.41, 5.74) is 2.32. The van der Waals surface area contributed by atoms with E-state index in [0.29, 0.717) is 24.3 Å². The van der Waals surface area contributed by atoms with Crippen molar-refractivity contribution in [2.45, 2.75) is 20.8 Å². The van der Waals surface area contributed by atoms with Gasteiger partial charge in [0.1, 0.15) is 6.07 Å². The van der Waals surface area contributed by atoms with Crippen LogP contribution in [0, 0.1) is 18.3 Å². The molecule has 1 aromatic carbocycles. The number of nitrogens with one attached hydrogen (secondary N) is 1. The lowest BCUT2D eigenvalue weighted by atomic mass is 10.1. The van der Waals surface area contributed by atoms with Crippen molar-refractivity contribution in [1.82, 2.24) is 4.90 Å². The zero-order chi connectivity index (χ0) is 13.5. The van der Waals surface area contributed by atoms with Gasteiger partial charge in [0.15, 0.2) is 0 Å². The van der Waals surface area contributed by atoms with Gasteiger partial charge in [-0.3, -0.25) is 4.79 Å². The second-order valence-corrected chi connectivity index (χ2v) is 4.08. The minimum Gasteiger partial charge on any atom is -0.375 e. The van der Waals surface area contributed by atoms with Crippen LogP contribution in [0.25, 0.3) is 0 Å². The first kappa shape index (κ1) is 14.0. The molecule has 1 amide bonds. The summed E-state index contributed by atoms with van der Waals surface area (Å²) in [4.78, 5) is 13.6. The number of likely N-dealkylation sites (N-methyl/N-ethyl adjacent to an activating group) is 1. The second-order valence-electron chi connectivity index (χ2n) is 4.08. The van der Waals surface area contributed by atoms with Crippen LogP contribution in [0.5, 0.6) is 0 Å². The molecule has 0 aliphatic carbocycles. The van der Waals surface area contributed by atoms with Crippen molar-refractivity contribution in [2.75, 3.05) is 25.0 Å². The van der Waals surface area contributed by atoms with Gasteiger partial charge in [0.25, 0.3) is 0 Å². The molecule has 0 heterocycles. The van der Waals surface area contributed by atoms with Gasteiger partial charge in [0.05, 0.1) is 17.8 Å². The lowest BCUT2D eigenvalue weighted by molar-refractivity contribution is -0.128. The third-order valence-electron chi connectivity index (χ3n) is 2.84. The number of rotatable bonds is 5. The smallest absolute Gasteiger partial charge is 0.241 e. The zero-order valence-corrected chi connectivity index (χ0v) is 11.2. The molecule has 18 heavy (non-hydrogen) atoms. The van der Waals surface area contributed by atoms with Crippen LogP contribution in [0.2, 0.25) is 0 Å². The van der Waals surface area contributed by atoms with Gasteiger partial charge in [0.2, 0.25) is 5.91 Å². The molecule has 1 aromatic rings. The molecule has 0 atom stereocenters. The molecule has 0 fully saturated rings. The highest BCUT2D eigenvalue weighted by Gasteiger charge is 2.10. The Labute approximate surface area is 108 Å². The van der Waals surface area contributed by atoms with Crippen LogP contribution in [-0.2, 0) is 4.79 Å². The van der Waals surface area contributed by atoms with E-state index >= 15 is 0 Å². The van der Waals surface area contributed by atoms with Crippen molar-refractivity contribution in [3.63, 3.8) is 0 Å². The summed E-state index contributed by atoms with van der Waals surface area (Å²) in [5, 5.41) is 12.1. The van der Waals surface area contributed by atoms with E-state index in [0.717, 1.165) is 5.56 Å². The number of anilines is 1. The lowest BCUT2D eigenvalue weighted by Gasteiger charge is -2.19. The van der Waals surface area contributed by atoms with E-state index in [-0.39, 0.29) is 12.5 Å². The SMILES string of the molecule is CCN(CC)C(=O)CNc1ccc(C)cc1C#N. The van der Waals surface area contributed by atoms with E-state index in [1.54, 1.807) is 4.90 Å². The monoisotopic (exact) mass is 245 g/mol. The van der Waals surface area contributed by atoms with Crippen LogP contribution in [-0.4, -0.2) is 30.4 Å². The van der Waals surface area contributed by atoms with Gasteiger partial charge in [-0.05, 0) is 38.5 Å². The molecule has 4 heteroatoms. The fraction of sp³-hybridized carbons (Fsp3) is 0.429. The molecule has 0 saturated carbocycles. The highest BCUT2D eigenvalue weighted by atomic mass is 16.2. The van der Waals surface area contributed by atoms with Gasteiger partial charge >= 0.3 is 0 Å². The van der Waals surface area contributed by atoms with Crippen molar-refractivity contribution in [3.05, 3.63) is 29.3 Å². The number of nitriles is 1. The average molecular weight is 245 g/mol. The predicted octanol–water partition coefficient (Wildman–Crippen LogP) is 2.15. The molecule has 0 unspecified atom stereocenters. The molecule has 1 N–H and O–H groups in total. The molecule has 0 aliphatic rings. The Morgan fingerprint density at radius 3 is 2.61 bits per heavy atom. The molecular formula is C14H19N3O. The first-order chi connectivity index (χ1) is 8.62. The van der Waals surface area contributed by atoms with Crippen LogP contribution in [0.15, 0.2) is 18.2 Å². The van der Waals surface area contributed by atoms with E-state index in [1.165, 1.54) is 0 Å². The standard InChI is InChI=1S/C14H19N3O/c1-4-17(5-2)14(18)10-16-13-7-6-11(3)8-12(13)9-15/h6-8,16H,4-5,10H2,1-3H3. The first-order valence-corrected chi connectivity index (χ1v) is 6.14. The minimum absolute atomic E-state index is 0.0458. The van der Waals surface area contributed by atoms with Gasteiger partial charge in [0, 0.05) is 13.1 Å². The van der Waals surface area contributed by atoms with Crippen molar-refractivity contribution in [2.24, 2.45) is 0 Å². The summed E-state index contributed by atoms with van der Waals surface area (Å²) in [6.45, 7) is 7.47. The average Bonchev–Trinajstić information content (AvgIpc) is 2.38. The normalized spacial score (nSPS) is 9.67. The highest BCUT2D eigenvalue weighted by Crippen LogP contribution is 2.15. The van der Waals surface area contributed by atoms with Crippen LogP contribution >= 0.6 is 0 Å². The Balaban J connectivity index is 2.70. The van der Waals surface area contributed by atoms with Gasteiger partial charge in [-0.25, -0.2) is 0 Å². The zero-order valence-electron chi connectivity index (χ0n) is 11.2. The van der Waals surface area contributed by atoms with Crippen LogP contribution < -0.4 is 5.32 Å². The topological polar surface area (TPSA) is 56.1 Å². The first-order valence-electron chi connectivity index (χ1n) is 6.14. The largest absolute Gasteiger partial charge is 0.375 e. The van der Waals surface area contributed by atoms with E-state index in [2.05, 4.69) is 11.4 Å². The maximum atomic E-state index is 11.8. The van der Waals surface area contributed by atoms with E-state index in [4.69, 9.17) is 5.26 Å². The van der Waals surface area contributed by atoms with E-state index in [9.17, 15) is 4.79 Å². The Kier molecular flexibility index (Phi) is 5.19. The summed E-state index contributed by atoms with van der Waals surface area (Å²) in [7, 11) is 0. The molecule has 0 aliphatic heterocycles. The molecule has 0 saturated heterocycles. The second kappa shape index (κ2) is 6.65. The van der Waals surface area contributed by atoms with E-state index < -0.39 is 0 Å². The Bertz CT molecular complexity index is 459. The van der Waals surface area contributed by atoms with Gasteiger partial charge in [-0.15, -0.1) is 0 Å². The molecule has 0 radical (unpaired) electrons. The van der Waals surface area contributed by atoms with Crippen molar-refractivity contribution in [3.8, 4) is 6.07 Å². The fourth-order valence-electron chi connectivity index (χ4n) is 1.76. The number of carbonyl (C=O) groups is 1. The predicted molar refractivity (Wildman–Crippen MR) is 72.3 cm³/mol. The van der Waals surface area contributed by atoms with Crippen LogP contribution in [0.3, 0.4) is 0 Å². The number of carbonyl (C=O) groups excluding carboxylic acids is 1. The number of hydrogen-bond donors (Lipinski definition) is 1. The highest BCUT2D eigenvalue weighted by molar-refractivity contribution is 5.81. The quantitative estimate of drug-likeness (QED) is 0.864. The molecule has 0 aromatic heterocycles. The summed E-state index contributed by atoms with van der Waals surface area (Å²) in [5.74, 6) is 0.0458. The van der Waals surface area contributed by atoms with Crippen molar-refractivity contribution >= 4 is 11.6 Å². The number of aryl methyl sites for hydroxylation is 1. The number of amides is 1. The summed E-state index contributed by atoms with van der Waals surface area (Å²) in [6.07, 6.45) is 0. The molecular weight excluding hydrogens is 226 g/mol. The Morgan fingerprint density at radius 1 is 1.39 bits per heavy atom. The number of hydrogen-bond acceptors (Lipinski definition) is 3. The molecule has 4 nitrogen and oxygen atoms in total. The summed E-state index contributed by atoms with van der Waals surface area (Å²) >= 11 is 0. The number of benzene rings is 1. The van der Waals surface area contributed by atoms with Crippen molar-refractivity contribution in [1.29, 1.82) is 5.26 Å². The van der Waals surface area contributed by atoms with Crippen molar-refractivity contribution < 1.29 is 4.79 Å². The number of nitrogens with zero attached hydrogens (tertiary/aromatic N) is 2. The molecule has 96 valence electrons. The van der Waals surface area contributed by atoms with E-state index in [1.807, 2.05) is 39.0 Å². The maximum absolute atomic E-state index is 11.8. The summed E-state index contributed by atoms with van der Waals surface area (Å²) < 4.78 is 0. The summed E-state index contributed by atoms with van der Waals surface area (Å²) in [6, 6.07) is 7.70. The van der Waals surface area contributed by atoms with Gasteiger partial charge < -0.3 is 10.2 Å². The van der Waals surface area contributed by atoms with Crippen LogP contribution in [0.1, 0.15) is 25.0 Å². The van der Waals surface area contributed by atoms with Gasteiger partial charge in [-0.1, -0.05) is 6.07 Å². The lowest BCUT2D eigenvalue weighted by Crippen LogP contribution is -2.35. The fourth-order valence-corrected chi connectivity index (χ4v) is 1.76. The molecule has 0 bridgehead atoms. The molecule has 1 rings (SSSR count). The molecule has 0 spiro atoms. The Morgan fingerprint density at radius 2 is 2.06 bits per heavy atom. The minimum atomic E-state index is 0.0458. The third-order valence-corrected chi connectivity index (χ3v) is 2.84. The maximum Gasteiger partial charge on any atom is 0.241 e. The van der Waals surface area contributed by atoms with Crippen LogP contribution in [0.4, 0.5) is 5.69 Å². The third kappa shape index (κ3) is 3.49.